The smallest absolute Gasteiger partial charge is 0.273 e. The van der Waals surface area contributed by atoms with Crippen molar-refractivity contribution < 1.29 is 9.53 Å². The fourth-order valence-corrected chi connectivity index (χ4v) is 3.44. The van der Waals surface area contributed by atoms with Crippen LogP contribution in [0.25, 0.3) is 6.08 Å². The van der Waals surface area contributed by atoms with E-state index in [-0.39, 0.29) is 5.91 Å². The van der Waals surface area contributed by atoms with Crippen LogP contribution in [0.1, 0.15) is 28.1 Å². The fourth-order valence-electron chi connectivity index (χ4n) is 3.44. The molecule has 1 saturated heterocycles. The van der Waals surface area contributed by atoms with Gasteiger partial charge in [0, 0.05) is 36.6 Å². The molecule has 4 heterocycles. The van der Waals surface area contributed by atoms with E-state index in [2.05, 4.69) is 44.5 Å². The van der Waals surface area contributed by atoms with Gasteiger partial charge in [0.15, 0.2) is 0 Å². The summed E-state index contributed by atoms with van der Waals surface area (Å²) < 4.78 is 5.43. The van der Waals surface area contributed by atoms with Gasteiger partial charge in [0.25, 0.3) is 5.91 Å². The number of hydrazone groups is 1. The Morgan fingerprint density at radius 2 is 2.07 bits per heavy atom. The molecule has 140 valence electrons. The third-order valence-electron chi connectivity index (χ3n) is 5.03. The lowest BCUT2D eigenvalue weighted by Gasteiger charge is -2.26. The number of aromatic amines is 1. The minimum atomic E-state index is -0.219. The molecule has 8 heteroatoms. The highest BCUT2D eigenvalue weighted by atomic mass is 16.5. The van der Waals surface area contributed by atoms with Gasteiger partial charge in [0.1, 0.15) is 5.71 Å². The Kier molecular flexibility index (Phi) is 4.83. The summed E-state index contributed by atoms with van der Waals surface area (Å²) in [7, 11) is 0. The number of carbonyl (C=O) groups excluding carboxylic acids is 1. The number of carbonyl (C=O) groups is 1. The van der Waals surface area contributed by atoms with E-state index in [9.17, 15) is 4.79 Å². The zero-order chi connectivity index (χ0) is 18.8. The normalized spacial score (nSPS) is 19.4. The molecule has 2 N–H and O–H groups in total. The zero-order valence-corrected chi connectivity index (χ0v) is 15.5. The van der Waals surface area contributed by atoms with Crippen LogP contribution in [0.4, 0.5) is 0 Å². The van der Waals surface area contributed by atoms with E-state index in [1.807, 2.05) is 6.08 Å². The third kappa shape index (κ3) is 3.54. The average molecular weight is 366 g/mol. The van der Waals surface area contributed by atoms with Crippen LogP contribution >= 0.6 is 0 Å². The predicted molar refractivity (Wildman–Crippen MR) is 101 cm³/mol. The van der Waals surface area contributed by atoms with Crippen LogP contribution in [0.3, 0.4) is 0 Å². The van der Waals surface area contributed by atoms with E-state index in [4.69, 9.17) is 4.74 Å². The predicted octanol–water partition coefficient (Wildman–Crippen LogP) is 1.17. The monoisotopic (exact) mass is 366 g/mol. The van der Waals surface area contributed by atoms with Crippen LogP contribution in [-0.2, 0) is 16.1 Å². The van der Waals surface area contributed by atoms with Gasteiger partial charge in [-0.3, -0.25) is 9.69 Å². The molecule has 1 fully saturated rings. The van der Waals surface area contributed by atoms with Gasteiger partial charge in [0.2, 0.25) is 0 Å². The third-order valence-corrected chi connectivity index (χ3v) is 5.03. The van der Waals surface area contributed by atoms with Gasteiger partial charge < -0.3 is 9.72 Å². The highest BCUT2D eigenvalue weighted by molar-refractivity contribution is 6.33. The number of aryl methyl sites for hydroxylation is 1. The molecule has 0 radical (unpaired) electrons. The molecule has 0 spiro atoms. The fraction of sp³-hybridized carbons (Fsp3) is 0.368. The van der Waals surface area contributed by atoms with Crippen molar-refractivity contribution >= 4 is 17.7 Å². The van der Waals surface area contributed by atoms with E-state index in [1.54, 1.807) is 18.5 Å². The van der Waals surface area contributed by atoms with Gasteiger partial charge in [-0.15, -0.1) is 0 Å². The standard InChI is InChI=1S/C19H22N6O2/c1-12-16(11-25-5-7-27-8-6-25)13(2)22-17(12)9-15-18(23-24-19(15)26)14-3-4-20-21-10-14/h3-4,9-10,22H,5-8,11H2,1-2H3,(H,24,26)/b15-9+. The van der Waals surface area contributed by atoms with E-state index >= 15 is 0 Å². The Labute approximate surface area is 157 Å². The second kappa shape index (κ2) is 7.42. The molecule has 2 aromatic heterocycles. The highest BCUT2D eigenvalue weighted by Gasteiger charge is 2.25. The molecule has 0 saturated carbocycles. The maximum absolute atomic E-state index is 12.3. The van der Waals surface area contributed by atoms with Crippen LogP contribution < -0.4 is 5.43 Å². The van der Waals surface area contributed by atoms with Crippen molar-refractivity contribution in [2.75, 3.05) is 26.3 Å². The van der Waals surface area contributed by atoms with Gasteiger partial charge in [-0.1, -0.05) is 0 Å². The summed E-state index contributed by atoms with van der Waals surface area (Å²) in [4.78, 5) is 18.1. The van der Waals surface area contributed by atoms with Crippen LogP contribution in [0.15, 0.2) is 29.1 Å². The minimum absolute atomic E-state index is 0.219. The molecular formula is C19H22N6O2. The molecule has 2 aliphatic rings. The number of hydrogen-bond acceptors (Lipinski definition) is 6. The molecule has 8 nitrogen and oxygen atoms in total. The molecule has 2 aliphatic heterocycles. The maximum atomic E-state index is 12.3. The molecule has 0 aromatic carbocycles. The summed E-state index contributed by atoms with van der Waals surface area (Å²) in [6.07, 6.45) is 5.05. The first-order valence-electron chi connectivity index (χ1n) is 8.99. The van der Waals surface area contributed by atoms with Gasteiger partial charge in [-0.25, -0.2) is 5.43 Å². The molecule has 0 unspecified atom stereocenters. The van der Waals surface area contributed by atoms with E-state index in [0.29, 0.717) is 11.3 Å². The summed E-state index contributed by atoms with van der Waals surface area (Å²) in [6.45, 7) is 8.47. The second-order valence-electron chi connectivity index (χ2n) is 6.75. The number of nitrogens with one attached hydrogen (secondary N) is 2. The van der Waals surface area contributed by atoms with Crippen molar-refractivity contribution in [2.24, 2.45) is 5.10 Å². The summed E-state index contributed by atoms with van der Waals surface area (Å²) >= 11 is 0. The number of amides is 1. The lowest BCUT2D eigenvalue weighted by Crippen LogP contribution is -2.35. The number of nitrogens with zero attached hydrogens (tertiary/aromatic N) is 4. The Hall–Kier alpha value is -2.84. The number of morpholine rings is 1. The van der Waals surface area contributed by atoms with Gasteiger partial charge >= 0.3 is 0 Å². The number of H-pyrrole nitrogens is 1. The summed E-state index contributed by atoms with van der Waals surface area (Å²) in [5.41, 5.74) is 8.86. The summed E-state index contributed by atoms with van der Waals surface area (Å²) in [6, 6.07) is 1.79. The van der Waals surface area contributed by atoms with E-state index < -0.39 is 0 Å². The Balaban J connectivity index is 1.64. The van der Waals surface area contributed by atoms with Crippen LogP contribution in [0.2, 0.25) is 0 Å². The van der Waals surface area contributed by atoms with Crippen LogP contribution in [0.5, 0.6) is 0 Å². The largest absolute Gasteiger partial charge is 0.379 e. The molecule has 0 aliphatic carbocycles. The van der Waals surface area contributed by atoms with Crippen molar-refractivity contribution in [1.29, 1.82) is 0 Å². The number of ether oxygens (including phenoxy) is 1. The molecule has 2 aromatic rings. The molecular weight excluding hydrogens is 344 g/mol. The van der Waals surface area contributed by atoms with Gasteiger partial charge in [-0.2, -0.15) is 15.3 Å². The first-order valence-corrected chi connectivity index (χ1v) is 8.99. The lowest BCUT2D eigenvalue weighted by atomic mass is 10.0. The maximum Gasteiger partial charge on any atom is 0.273 e. The highest BCUT2D eigenvalue weighted by Crippen LogP contribution is 2.24. The first kappa shape index (κ1) is 17.6. The van der Waals surface area contributed by atoms with Crippen molar-refractivity contribution in [3.05, 3.63) is 52.1 Å². The van der Waals surface area contributed by atoms with Crippen molar-refractivity contribution in [2.45, 2.75) is 20.4 Å². The van der Waals surface area contributed by atoms with Crippen molar-refractivity contribution in [1.82, 2.24) is 25.5 Å². The number of rotatable bonds is 4. The zero-order valence-electron chi connectivity index (χ0n) is 15.5. The number of aromatic nitrogens is 3. The minimum Gasteiger partial charge on any atom is -0.379 e. The molecule has 27 heavy (non-hydrogen) atoms. The summed E-state index contributed by atoms with van der Waals surface area (Å²) in [5.74, 6) is -0.219. The van der Waals surface area contributed by atoms with E-state index in [0.717, 1.165) is 55.4 Å². The topological polar surface area (TPSA) is 95.5 Å². The van der Waals surface area contributed by atoms with Crippen molar-refractivity contribution in [3.8, 4) is 0 Å². The Morgan fingerprint density at radius 3 is 2.81 bits per heavy atom. The SMILES string of the molecule is Cc1[nH]c(/C=C2/C(=O)NN=C2c2ccnnc2)c(C)c1CN1CCOCC1. The van der Waals surface area contributed by atoms with Crippen molar-refractivity contribution in [3.63, 3.8) is 0 Å². The summed E-state index contributed by atoms with van der Waals surface area (Å²) in [5, 5.41) is 11.8. The Bertz CT molecular complexity index is 910. The second-order valence-corrected chi connectivity index (χ2v) is 6.75. The average Bonchev–Trinajstić information content (AvgIpc) is 3.18. The molecule has 4 rings (SSSR count). The molecule has 0 atom stereocenters. The number of hydrogen-bond donors (Lipinski definition) is 2. The van der Waals surface area contributed by atoms with E-state index in [1.165, 1.54) is 5.56 Å². The Morgan fingerprint density at radius 1 is 1.26 bits per heavy atom. The lowest BCUT2D eigenvalue weighted by molar-refractivity contribution is -0.116. The molecule has 1 amide bonds. The van der Waals surface area contributed by atoms with Gasteiger partial charge in [-0.05, 0) is 37.1 Å². The quantitative estimate of drug-likeness (QED) is 0.792. The molecule has 0 bridgehead atoms. The van der Waals surface area contributed by atoms with Gasteiger partial charge in [0.05, 0.1) is 31.2 Å². The van der Waals surface area contributed by atoms with Crippen LogP contribution in [0, 0.1) is 13.8 Å². The first-order chi connectivity index (χ1) is 13.1. The van der Waals surface area contributed by atoms with Crippen LogP contribution in [-0.4, -0.2) is 58.0 Å².